The minimum Gasteiger partial charge on any atom is -0.426 e. The fraction of sp³-hybridized carbons (Fsp3) is 0.400. The summed E-state index contributed by atoms with van der Waals surface area (Å²) in [4.78, 5) is 0. The second-order valence-electron chi connectivity index (χ2n) is 3.31. The van der Waals surface area contributed by atoms with E-state index in [4.69, 9.17) is 21.6 Å². The van der Waals surface area contributed by atoms with Crippen LogP contribution in [0.25, 0.3) is 0 Å². The summed E-state index contributed by atoms with van der Waals surface area (Å²) in [5.74, 6) is 0. The summed E-state index contributed by atoms with van der Waals surface area (Å²) < 4.78 is 0. The summed E-state index contributed by atoms with van der Waals surface area (Å²) in [5.41, 5.74) is 2.27. The largest absolute Gasteiger partial charge is 0.470 e. The molecule has 14 heavy (non-hydrogen) atoms. The predicted molar refractivity (Wildman–Crippen MR) is 59.4 cm³/mol. The number of alkyl halides is 1. The first-order valence-corrected chi connectivity index (χ1v) is 5.15. The molecule has 0 saturated carbocycles. The van der Waals surface area contributed by atoms with Crippen LogP contribution in [0.3, 0.4) is 0 Å². The molecule has 0 aliphatic rings. The molecule has 1 rings (SSSR count). The quantitative estimate of drug-likeness (QED) is 0.585. The van der Waals surface area contributed by atoms with Crippen molar-refractivity contribution in [2.24, 2.45) is 0 Å². The summed E-state index contributed by atoms with van der Waals surface area (Å²) in [6.45, 7) is 2.08. The van der Waals surface area contributed by atoms with E-state index in [9.17, 15) is 0 Å². The Morgan fingerprint density at radius 3 is 2.57 bits per heavy atom. The summed E-state index contributed by atoms with van der Waals surface area (Å²) >= 11 is 5.75. The lowest BCUT2D eigenvalue weighted by Crippen LogP contribution is -2.27. The van der Waals surface area contributed by atoms with Crippen molar-refractivity contribution in [3.05, 3.63) is 35.4 Å². The molecular weight excluding hydrogens is 198 g/mol. The third-order valence-corrected chi connectivity index (χ3v) is 2.53. The van der Waals surface area contributed by atoms with Crippen LogP contribution in [0.15, 0.2) is 24.3 Å². The van der Waals surface area contributed by atoms with Gasteiger partial charge in [0.1, 0.15) is 0 Å². The van der Waals surface area contributed by atoms with Crippen molar-refractivity contribution in [1.82, 2.24) is 0 Å². The molecular formula is C10H14BClO2. The fourth-order valence-electron chi connectivity index (χ4n) is 1.31. The van der Waals surface area contributed by atoms with Crippen molar-refractivity contribution >= 4 is 18.7 Å². The van der Waals surface area contributed by atoms with Gasteiger partial charge in [0.05, 0.1) is 5.28 Å². The molecule has 0 aliphatic carbocycles. The van der Waals surface area contributed by atoms with E-state index < -0.39 is 12.4 Å². The molecule has 0 amide bonds. The highest BCUT2D eigenvalue weighted by atomic mass is 35.5. The molecule has 0 aliphatic heterocycles. The van der Waals surface area contributed by atoms with Crippen LogP contribution >= 0.6 is 11.6 Å². The minimum absolute atomic E-state index is 0.479. The van der Waals surface area contributed by atoms with Crippen molar-refractivity contribution in [3.63, 3.8) is 0 Å². The number of aryl methyl sites for hydroxylation is 1. The Balaban J connectivity index is 2.66. The number of rotatable bonds is 4. The van der Waals surface area contributed by atoms with E-state index in [1.807, 2.05) is 24.3 Å². The molecule has 0 bridgehead atoms. The second-order valence-corrected chi connectivity index (χ2v) is 3.87. The molecule has 1 aromatic carbocycles. The molecule has 0 fully saturated rings. The minimum atomic E-state index is -1.46. The van der Waals surface area contributed by atoms with Gasteiger partial charge in [-0.3, -0.25) is 0 Å². The standard InChI is InChI=1S/C10H14BClO2/c1-2-8-4-3-5-9(6-8)7-10(12)11(13)14/h3-6,10,13-14H,2,7H2,1H3/t10-/m1/s1. The third-order valence-electron chi connectivity index (χ3n) is 2.15. The zero-order valence-electron chi connectivity index (χ0n) is 8.15. The first kappa shape index (κ1) is 11.6. The Morgan fingerprint density at radius 1 is 1.36 bits per heavy atom. The van der Waals surface area contributed by atoms with Gasteiger partial charge in [0.2, 0.25) is 0 Å². The van der Waals surface area contributed by atoms with Crippen LogP contribution in [-0.4, -0.2) is 22.4 Å². The van der Waals surface area contributed by atoms with E-state index >= 15 is 0 Å². The lowest BCUT2D eigenvalue weighted by molar-refractivity contribution is 0.401. The zero-order valence-corrected chi connectivity index (χ0v) is 8.91. The Morgan fingerprint density at radius 2 is 2.00 bits per heavy atom. The van der Waals surface area contributed by atoms with Gasteiger partial charge in [0.25, 0.3) is 0 Å². The lowest BCUT2D eigenvalue weighted by Gasteiger charge is -2.08. The Hall–Kier alpha value is -0.505. The smallest absolute Gasteiger partial charge is 0.426 e. The van der Waals surface area contributed by atoms with Gasteiger partial charge in [-0.25, -0.2) is 0 Å². The van der Waals surface area contributed by atoms with E-state index in [0.717, 1.165) is 12.0 Å². The average Bonchev–Trinajstić information content (AvgIpc) is 2.18. The summed E-state index contributed by atoms with van der Waals surface area (Å²) in [6.07, 6.45) is 1.45. The Bertz CT molecular complexity index is 291. The molecule has 1 aromatic rings. The van der Waals surface area contributed by atoms with Crippen molar-refractivity contribution < 1.29 is 10.0 Å². The molecule has 2 nitrogen and oxygen atoms in total. The SMILES string of the molecule is CCc1cccc(C[C@@H](Cl)B(O)O)c1. The van der Waals surface area contributed by atoms with E-state index in [0.29, 0.717) is 6.42 Å². The molecule has 0 heterocycles. The first-order chi connectivity index (χ1) is 6.63. The van der Waals surface area contributed by atoms with Crippen LogP contribution in [-0.2, 0) is 12.8 Å². The van der Waals surface area contributed by atoms with E-state index in [-0.39, 0.29) is 0 Å². The highest BCUT2D eigenvalue weighted by molar-refractivity contribution is 6.57. The van der Waals surface area contributed by atoms with Crippen LogP contribution in [0.1, 0.15) is 18.1 Å². The summed E-state index contributed by atoms with van der Waals surface area (Å²) in [7, 11) is -1.46. The van der Waals surface area contributed by atoms with Gasteiger partial charge >= 0.3 is 7.12 Å². The van der Waals surface area contributed by atoms with E-state index in [1.54, 1.807) is 0 Å². The highest BCUT2D eigenvalue weighted by Crippen LogP contribution is 2.11. The van der Waals surface area contributed by atoms with Crippen LogP contribution in [0.5, 0.6) is 0 Å². The maximum Gasteiger partial charge on any atom is 0.470 e. The number of hydrogen-bond donors (Lipinski definition) is 2. The van der Waals surface area contributed by atoms with Gasteiger partial charge < -0.3 is 10.0 Å². The highest BCUT2D eigenvalue weighted by Gasteiger charge is 2.20. The van der Waals surface area contributed by atoms with Crippen molar-refractivity contribution in [1.29, 1.82) is 0 Å². The van der Waals surface area contributed by atoms with Crippen molar-refractivity contribution in [2.75, 3.05) is 0 Å². The molecule has 0 spiro atoms. The van der Waals surface area contributed by atoms with Crippen LogP contribution in [0.2, 0.25) is 0 Å². The fourth-order valence-corrected chi connectivity index (χ4v) is 1.49. The summed E-state index contributed by atoms with van der Waals surface area (Å²) in [6, 6.07) is 7.98. The Labute approximate surface area is 89.7 Å². The third kappa shape index (κ3) is 3.33. The van der Waals surface area contributed by atoms with Gasteiger partial charge in [0.15, 0.2) is 0 Å². The van der Waals surface area contributed by atoms with Gasteiger partial charge in [-0.05, 0) is 24.0 Å². The molecule has 0 unspecified atom stereocenters. The van der Waals surface area contributed by atoms with Crippen LogP contribution in [0, 0.1) is 0 Å². The second kappa shape index (κ2) is 5.39. The predicted octanol–water partition coefficient (Wildman–Crippen LogP) is 1.41. The van der Waals surface area contributed by atoms with Gasteiger partial charge in [-0.2, -0.15) is 0 Å². The molecule has 76 valence electrons. The normalized spacial score (nSPS) is 12.6. The van der Waals surface area contributed by atoms with Crippen molar-refractivity contribution in [2.45, 2.75) is 25.0 Å². The van der Waals surface area contributed by atoms with Crippen molar-refractivity contribution in [3.8, 4) is 0 Å². The molecule has 2 N–H and O–H groups in total. The molecule has 0 radical (unpaired) electrons. The molecule has 1 atom stereocenters. The monoisotopic (exact) mass is 212 g/mol. The zero-order chi connectivity index (χ0) is 10.6. The lowest BCUT2D eigenvalue weighted by atomic mass is 9.81. The van der Waals surface area contributed by atoms with Gasteiger partial charge in [0, 0.05) is 0 Å². The molecule has 4 heteroatoms. The molecule has 0 saturated heterocycles. The van der Waals surface area contributed by atoms with E-state index in [1.165, 1.54) is 5.56 Å². The molecule has 0 aromatic heterocycles. The maximum absolute atomic E-state index is 8.83. The number of hydrogen-bond acceptors (Lipinski definition) is 2. The summed E-state index contributed by atoms with van der Waals surface area (Å²) in [5, 5.41) is 17.0. The topological polar surface area (TPSA) is 40.5 Å². The van der Waals surface area contributed by atoms with Crippen LogP contribution < -0.4 is 0 Å². The van der Waals surface area contributed by atoms with Gasteiger partial charge in [-0.1, -0.05) is 31.2 Å². The van der Waals surface area contributed by atoms with Gasteiger partial charge in [-0.15, -0.1) is 11.6 Å². The Kier molecular flexibility index (Phi) is 4.46. The first-order valence-electron chi connectivity index (χ1n) is 4.71. The number of benzene rings is 1. The average molecular weight is 212 g/mol. The maximum atomic E-state index is 8.83. The number of halogens is 1. The van der Waals surface area contributed by atoms with Crippen LogP contribution in [0.4, 0.5) is 0 Å². The van der Waals surface area contributed by atoms with E-state index in [2.05, 4.69) is 6.92 Å².